The Morgan fingerprint density at radius 3 is 2.72 bits per heavy atom. The van der Waals surface area contributed by atoms with E-state index in [1.54, 1.807) is 4.90 Å². The number of carbonyl (C=O) groups excluding carboxylic acids is 3. The molecule has 2 unspecified atom stereocenters. The van der Waals surface area contributed by atoms with Crippen molar-refractivity contribution in [2.75, 3.05) is 6.54 Å². The van der Waals surface area contributed by atoms with Crippen LogP contribution in [0.5, 0.6) is 0 Å². The van der Waals surface area contributed by atoms with E-state index in [2.05, 4.69) is 16.3 Å². The molecule has 2 saturated heterocycles. The highest BCUT2D eigenvalue weighted by Crippen LogP contribution is 2.44. The Hall–Kier alpha value is -2.25. The Balaban J connectivity index is 1.33. The number of hydrogen-bond donors (Lipinski definition) is 2. The van der Waals surface area contributed by atoms with E-state index < -0.39 is 6.04 Å². The van der Waals surface area contributed by atoms with E-state index >= 15 is 0 Å². The lowest BCUT2D eigenvalue weighted by molar-refractivity contribution is -0.136. The average molecular weight is 396 g/mol. The monoisotopic (exact) mass is 396 g/mol. The van der Waals surface area contributed by atoms with Crippen molar-refractivity contribution in [3.8, 4) is 0 Å². The highest BCUT2D eigenvalue weighted by atomic mass is 16.2. The van der Waals surface area contributed by atoms with Crippen molar-refractivity contribution in [3.05, 3.63) is 34.9 Å². The van der Waals surface area contributed by atoms with Crippen LogP contribution < -0.4 is 11.1 Å². The average Bonchev–Trinajstić information content (AvgIpc) is 2.98. The van der Waals surface area contributed by atoms with Gasteiger partial charge in [-0.05, 0) is 55.7 Å². The van der Waals surface area contributed by atoms with Gasteiger partial charge in [-0.25, -0.2) is 0 Å². The van der Waals surface area contributed by atoms with Crippen molar-refractivity contribution in [1.82, 2.24) is 15.1 Å². The molecule has 7 heteroatoms. The Bertz CT molecular complexity index is 879. The number of carbonyl (C=O) groups is 3. The molecular weight excluding hydrogens is 368 g/mol. The third-order valence-corrected chi connectivity index (χ3v) is 7.33. The van der Waals surface area contributed by atoms with Crippen LogP contribution in [0.15, 0.2) is 18.2 Å². The molecule has 3 amide bonds. The molecule has 29 heavy (non-hydrogen) atoms. The topological polar surface area (TPSA) is 95.7 Å². The second kappa shape index (κ2) is 6.92. The van der Waals surface area contributed by atoms with Gasteiger partial charge < -0.3 is 10.6 Å². The number of nitrogens with zero attached hydrogens (tertiary/aromatic N) is 2. The van der Waals surface area contributed by atoms with Crippen LogP contribution in [-0.2, 0) is 22.7 Å². The molecule has 1 aromatic carbocycles. The molecule has 5 rings (SSSR count). The maximum absolute atomic E-state index is 13.0. The van der Waals surface area contributed by atoms with E-state index in [9.17, 15) is 14.4 Å². The molecule has 1 spiro atoms. The summed E-state index contributed by atoms with van der Waals surface area (Å²) in [6.07, 6.45) is 6.47. The summed E-state index contributed by atoms with van der Waals surface area (Å²) < 4.78 is 0. The van der Waals surface area contributed by atoms with Crippen LogP contribution >= 0.6 is 0 Å². The first-order chi connectivity index (χ1) is 13.9. The van der Waals surface area contributed by atoms with Gasteiger partial charge in [0.05, 0.1) is 0 Å². The first kappa shape index (κ1) is 18.8. The minimum Gasteiger partial charge on any atom is -0.328 e. The molecule has 0 radical (unpaired) electrons. The lowest BCUT2D eigenvalue weighted by atomic mass is 9.69. The van der Waals surface area contributed by atoms with Crippen molar-refractivity contribution < 1.29 is 14.4 Å². The van der Waals surface area contributed by atoms with Crippen molar-refractivity contribution in [2.45, 2.75) is 75.7 Å². The number of nitrogens with two attached hydrogens (primary N) is 1. The van der Waals surface area contributed by atoms with Crippen molar-refractivity contribution in [1.29, 1.82) is 0 Å². The van der Waals surface area contributed by atoms with Gasteiger partial charge in [-0.15, -0.1) is 0 Å². The Labute approximate surface area is 170 Å². The number of piperidine rings is 2. The zero-order chi connectivity index (χ0) is 20.2. The molecule has 3 aliphatic heterocycles. The number of imide groups is 1. The number of likely N-dealkylation sites (tertiary alicyclic amines) is 1. The number of nitrogens with one attached hydrogen (secondary N) is 1. The molecule has 154 valence electrons. The number of amides is 3. The first-order valence-electron chi connectivity index (χ1n) is 10.7. The fourth-order valence-electron chi connectivity index (χ4n) is 5.55. The summed E-state index contributed by atoms with van der Waals surface area (Å²) in [5, 5.41) is 2.36. The number of rotatable bonds is 3. The Morgan fingerprint density at radius 1 is 1.17 bits per heavy atom. The standard InChI is InChI=1S/C22H28N4O3/c23-16-6-9-25(22(11-16)7-1-8-22)12-14-2-3-15-13-26(21(29)17(15)10-14)18-4-5-19(27)24-20(18)28/h2-3,10,16,18H,1,4-9,11-13,23H2,(H,24,27,28). The van der Waals surface area contributed by atoms with Gasteiger partial charge >= 0.3 is 0 Å². The van der Waals surface area contributed by atoms with E-state index in [0.717, 1.165) is 37.1 Å². The molecule has 7 nitrogen and oxygen atoms in total. The predicted octanol–water partition coefficient (Wildman–Crippen LogP) is 1.29. The Morgan fingerprint density at radius 2 is 2.00 bits per heavy atom. The normalized spacial score (nSPS) is 29.0. The van der Waals surface area contributed by atoms with E-state index in [1.807, 2.05) is 12.1 Å². The number of benzene rings is 1. The zero-order valence-corrected chi connectivity index (χ0v) is 16.7. The van der Waals surface area contributed by atoms with Gasteiger partial charge in [0.2, 0.25) is 11.8 Å². The van der Waals surface area contributed by atoms with Crippen LogP contribution in [0.25, 0.3) is 0 Å². The van der Waals surface area contributed by atoms with E-state index in [4.69, 9.17) is 5.73 Å². The molecular formula is C22H28N4O3. The first-order valence-corrected chi connectivity index (χ1v) is 10.7. The summed E-state index contributed by atoms with van der Waals surface area (Å²) in [6, 6.07) is 5.89. The summed E-state index contributed by atoms with van der Waals surface area (Å²) in [7, 11) is 0. The van der Waals surface area contributed by atoms with Crippen LogP contribution in [0.1, 0.15) is 66.4 Å². The summed E-state index contributed by atoms with van der Waals surface area (Å²) in [5.74, 6) is -0.724. The predicted molar refractivity (Wildman–Crippen MR) is 107 cm³/mol. The summed E-state index contributed by atoms with van der Waals surface area (Å²) in [6.45, 7) is 2.28. The third kappa shape index (κ3) is 3.16. The summed E-state index contributed by atoms with van der Waals surface area (Å²) in [4.78, 5) is 40.9. The molecule has 4 aliphatic rings. The molecule has 1 aliphatic carbocycles. The van der Waals surface area contributed by atoms with Gasteiger partial charge in [0, 0.05) is 43.2 Å². The fraction of sp³-hybridized carbons (Fsp3) is 0.591. The van der Waals surface area contributed by atoms with Gasteiger partial charge in [0.1, 0.15) is 6.04 Å². The summed E-state index contributed by atoms with van der Waals surface area (Å²) in [5.41, 5.74) is 9.29. The lowest BCUT2D eigenvalue weighted by Crippen LogP contribution is -2.60. The van der Waals surface area contributed by atoms with E-state index in [-0.39, 0.29) is 29.7 Å². The second-order valence-corrected chi connectivity index (χ2v) is 9.14. The highest BCUT2D eigenvalue weighted by Gasteiger charge is 2.46. The largest absolute Gasteiger partial charge is 0.328 e. The number of fused-ring (bicyclic) bond motifs is 1. The minimum absolute atomic E-state index is 0.102. The molecule has 2 atom stereocenters. The van der Waals surface area contributed by atoms with Crippen LogP contribution in [0, 0.1) is 0 Å². The molecule has 1 saturated carbocycles. The molecule has 3 heterocycles. The van der Waals surface area contributed by atoms with Gasteiger partial charge in [-0.2, -0.15) is 0 Å². The van der Waals surface area contributed by atoms with Gasteiger partial charge in [-0.1, -0.05) is 12.1 Å². The highest BCUT2D eigenvalue weighted by molar-refractivity contribution is 6.05. The van der Waals surface area contributed by atoms with E-state index in [1.165, 1.54) is 19.3 Å². The maximum atomic E-state index is 13.0. The van der Waals surface area contributed by atoms with Gasteiger partial charge in [0.25, 0.3) is 5.91 Å². The molecule has 3 N–H and O–H groups in total. The smallest absolute Gasteiger partial charge is 0.255 e. The van der Waals surface area contributed by atoms with Gasteiger partial charge in [-0.3, -0.25) is 24.6 Å². The van der Waals surface area contributed by atoms with E-state index in [0.29, 0.717) is 24.6 Å². The van der Waals surface area contributed by atoms with Gasteiger partial charge in [0.15, 0.2) is 0 Å². The maximum Gasteiger partial charge on any atom is 0.255 e. The molecule has 0 aromatic heterocycles. The Kier molecular flexibility index (Phi) is 4.47. The number of hydrogen-bond acceptors (Lipinski definition) is 5. The molecule has 1 aromatic rings. The van der Waals surface area contributed by atoms with Crippen LogP contribution in [-0.4, -0.2) is 51.7 Å². The lowest BCUT2D eigenvalue weighted by Gasteiger charge is -2.55. The SMILES string of the molecule is NC1CCN(Cc2ccc3c(c2)C(=O)N(C2CCC(=O)NC2=O)C3)C2(CCC2)C1. The molecule has 3 fully saturated rings. The van der Waals surface area contributed by atoms with Crippen LogP contribution in [0.3, 0.4) is 0 Å². The van der Waals surface area contributed by atoms with Crippen LogP contribution in [0.4, 0.5) is 0 Å². The molecule has 0 bridgehead atoms. The summed E-state index contributed by atoms with van der Waals surface area (Å²) >= 11 is 0. The second-order valence-electron chi connectivity index (χ2n) is 9.14. The van der Waals surface area contributed by atoms with Crippen LogP contribution in [0.2, 0.25) is 0 Å². The zero-order valence-electron chi connectivity index (χ0n) is 16.7. The third-order valence-electron chi connectivity index (χ3n) is 7.33. The minimum atomic E-state index is -0.558. The quantitative estimate of drug-likeness (QED) is 0.751. The van der Waals surface area contributed by atoms with Crippen molar-refractivity contribution in [3.63, 3.8) is 0 Å². The van der Waals surface area contributed by atoms with Crippen molar-refractivity contribution >= 4 is 17.7 Å². The van der Waals surface area contributed by atoms with Crippen molar-refractivity contribution in [2.24, 2.45) is 5.73 Å². The fourth-order valence-corrected chi connectivity index (χ4v) is 5.55.